The van der Waals surface area contributed by atoms with Gasteiger partial charge in [-0.3, -0.25) is 4.90 Å². The van der Waals surface area contributed by atoms with Gasteiger partial charge in [-0.1, -0.05) is 36.4 Å². The monoisotopic (exact) mass is 255 g/mol. The summed E-state index contributed by atoms with van der Waals surface area (Å²) >= 11 is 0. The lowest BCUT2D eigenvalue weighted by Crippen LogP contribution is -2.18. The average Bonchev–Trinajstić information content (AvgIpc) is 2.92. The fraction of sp³-hybridized carbons (Fsp3) is 0.375. The molecular formula is C16H22BNO. The highest BCUT2D eigenvalue weighted by Crippen LogP contribution is 2.18. The summed E-state index contributed by atoms with van der Waals surface area (Å²) in [6, 6.07) is 15.4. The van der Waals surface area contributed by atoms with Gasteiger partial charge in [-0.05, 0) is 48.3 Å². The second-order valence-electron chi connectivity index (χ2n) is 5.07. The molecule has 0 N–H and O–H groups in total. The van der Waals surface area contributed by atoms with Gasteiger partial charge in [-0.15, -0.1) is 0 Å². The molecule has 1 aliphatic rings. The Bertz CT molecular complexity index is 509. The summed E-state index contributed by atoms with van der Waals surface area (Å²) in [5, 5.41) is 2.70. The van der Waals surface area contributed by atoms with E-state index in [1.165, 1.54) is 42.3 Å². The molecule has 0 aromatic heterocycles. The SMILES string of the molecule is BOC.c1ccc2cc(CN3CCCC3)ccc2c1. The summed E-state index contributed by atoms with van der Waals surface area (Å²) in [6.07, 6.45) is 2.74. The van der Waals surface area contributed by atoms with Crippen LogP contribution in [0.1, 0.15) is 18.4 Å². The molecule has 1 fully saturated rings. The Morgan fingerprint density at radius 1 is 1.05 bits per heavy atom. The summed E-state index contributed by atoms with van der Waals surface area (Å²) in [4.78, 5) is 2.55. The van der Waals surface area contributed by atoms with Gasteiger partial charge in [0.2, 0.25) is 0 Å². The van der Waals surface area contributed by atoms with Gasteiger partial charge in [0.15, 0.2) is 0 Å². The first-order valence-corrected chi connectivity index (χ1v) is 6.93. The van der Waals surface area contributed by atoms with Crippen molar-refractivity contribution in [3.05, 3.63) is 48.0 Å². The lowest BCUT2D eigenvalue weighted by Gasteiger charge is -2.14. The second-order valence-corrected chi connectivity index (χ2v) is 5.07. The molecule has 0 bridgehead atoms. The molecule has 2 nitrogen and oxygen atoms in total. The number of likely N-dealkylation sites (tertiary alicyclic amines) is 1. The van der Waals surface area contributed by atoms with E-state index in [0.717, 1.165) is 6.54 Å². The maximum absolute atomic E-state index is 4.25. The third-order valence-electron chi connectivity index (χ3n) is 3.42. The fourth-order valence-electron chi connectivity index (χ4n) is 2.54. The van der Waals surface area contributed by atoms with Crippen LogP contribution in [0.2, 0.25) is 0 Å². The van der Waals surface area contributed by atoms with Crippen molar-refractivity contribution in [1.29, 1.82) is 0 Å². The second kappa shape index (κ2) is 7.32. The molecule has 0 atom stereocenters. The Labute approximate surface area is 116 Å². The minimum atomic E-state index is 1.12. The molecule has 1 heterocycles. The molecule has 0 spiro atoms. The third kappa shape index (κ3) is 4.08. The number of hydrogen-bond donors (Lipinski definition) is 0. The van der Waals surface area contributed by atoms with Crippen LogP contribution in [0.15, 0.2) is 42.5 Å². The van der Waals surface area contributed by atoms with E-state index in [2.05, 4.69) is 52.0 Å². The predicted octanol–water partition coefficient (Wildman–Crippen LogP) is 2.62. The first-order valence-electron chi connectivity index (χ1n) is 6.93. The van der Waals surface area contributed by atoms with Gasteiger partial charge < -0.3 is 4.65 Å². The van der Waals surface area contributed by atoms with Crippen molar-refractivity contribution in [2.24, 2.45) is 0 Å². The molecule has 2 aromatic rings. The van der Waals surface area contributed by atoms with Gasteiger partial charge in [0.05, 0.1) is 0 Å². The number of hydrogen-bond acceptors (Lipinski definition) is 2. The maximum Gasteiger partial charge on any atom is 0.256 e. The maximum atomic E-state index is 4.25. The first-order chi connectivity index (χ1) is 9.33. The predicted molar refractivity (Wildman–Crippen MR) is 84.0 cm³/mol. The van der Waals surface area contributed by atoms with Crippen molar-refractivity contribution >= 4 is 18.8 Å². The molecule has 100 valence electrons. The molecule has 19 heavy (non-hydrogen) atoms. The summed E-state index contributed by atoms with van der Waals surface area (Å²) < 4.78 is 4.25. The number of nitrogens with zero attached hydrogens (tertiary/aromatic N) is 1. The Morgan fingerprint density at radius 2 is 1.68 bits per heavy atom. The van der Waals surface area contributed by atoms with Gasteiger partial charge in [-0.2, -0.15) is 0 Å². The topological polar surface area (TPSA) is 12.5 Å². The third-order valence-corrected chi connectivity index (χ3v) is 3.42. The number of benzene rings is 2. The summed E-state index contributed by atoms with van der Waals surface area (Å²) in [5.41, 5.74) is 1.44. The lowest BCUT2D eigenvalue weighted by molar-refractivity contribution is 0.331. The minimum absolute atomic E-state index is 1.12. The highest BCUT2D eigenvalue weighted by Gasteiger charge is 2.11. The van der Waals surface area contributed by atoms with Crippen molar-refractivity contribution in [1.82, 2.24) is 4.90 Å². The zero-order chi connectivity index (χ0) is 13.5. The summed E-state index contributed by atoms with van der Waals surface area (Å²) in [7, 11) is 3.25. The van der Waals surface area contributed by atoms with E-state index in [9.17, 15) is 0 Å². The van der Waals surface area contributed by atoms with Crippen LogP contribution in [-0.4, -0.2) is 33.1 Å². The van der Waals surface area contributed by atoms with E-state index in [1.807, 2.05) is 0 Å². The van der Waals surface area contributed by atoms with E-state index in [-0.39, 0.29) is 0 Å². The van der Waals surface area contributed by atoms with Gasteiger partial charge in [0.25, 0.3) is 8.05 Å². The van der Waals surface area contributed by atoms with Crippen molar-refractivity contribution in [2.75, 3.05) is 20.2 Å². The number of fused-ring (bicyclic) bond motifs is 1. The fourth-order valence-corrected chi connectivity index (χ4v) is 2.54. The van der Waals surface area contributed by atoms with Crippen LogP contribution in [0.5, 0.6) is 0 Å². The van der Waals surface area contributed by atoms with Gasteiger partial charge in [0, 0.05) is 13.7 Å². The molecule has 0 radical (unpaired) electrons. The summed E-state index contributed by atoms with van der Waals surface area (Å²) in [5.74, 6) is 0. The van der Waals surface area contributed by atoms with Crippen LogP contribution in [0.25, 0.3) is 10.8 Å². The Hall–Kier alpha value is -1.32. The van der Waals surface area contributed by atoms with Crippen molar-refractivity contribution in [2.45, 2.75) is 19.4 Å². The summed E-state index contributed by atoms with van der Waals surface area (Å²) in [6.45, 7) is 3.66. The van der Waals surface area contributed by atoms with E-state index >= 15 is 0 Å². The minimum Gasteiger partial charge on any atom is -0.447 e. The Kier molecular flexibility index (Phi) is 5.43. The molecule has 1 aliphatic heterocycles. The molecule has 0 saturated carbocycles. The quantitative estimate of drug-likeness (QED) is 0.765. The van der Waals surface area contributed by atoms with Crippen LogP contribution < -0.4 is 0 Å². The molecule has 0 amide bonds. The number of rotatable bonds is 2. The highest BCUT2D eigenvalue weighted by molar-refractivity contribution is 5.97. The van der Waals surface area contributed by atoms with Crippen LogP contribution in [0, 0.1) is 0 Å². The van der Waals surface area contributed by atoms with Crippen molar-refractivity contribution in [3.8, 4) is 0 Å². The molecule has 3 rings (SSSR count). The van der Waals surface area contributed by atoms with Crippen molar-refractivity contribution < 1.29 is 4.65 Å². The molecule has 0 aliphatic carbocycles. The first kappa shape index (κ1) is 14.1. The van der Waals surface area contributed by atoms with Crippen LogP contribution in [-0.2, 0) is 11.2 Å². The van der Waals surface area contributed by atoms with Crippen molar-refractivity contribution in [3.63, 3.8) is 0 Å². The van der Waals surface area contributed by atoms with Crippen LogP contribution in [0.3, 0.4) is 0 Å². The van der Waals surface area contributed by atoms with Gasteiger partial charge in [-0.25, -0.2) is 0 Å². The Morgan fingerprint density at radius 3 is 2.37 bits per heavy atom. The van der Waals surface area contributed by atoms with Crippen LogP contribution in [0.4, 0.5) is 0 Å². The average molecular weight is 255 g/mol. The molecule has 3 heteroatoms. The zero-order valence-corrected chi connectivity index (χ0v) is 11.9. The van der Waals surface area contributed by atoms with E-state index < -0.39 is 0 Å². The normalized spacial score (nSPS) is 15.2. The molecule has 1 saturated heterocycles. The van der Waals surface area contributed by atoms with Gasteiger partial charge in [0.1, 0.15) is 0 Å². The van der Waals surface area contributed by atoms with Crippen LogP contribution >= 0.6 is 0 Å². The standard InChI is InChI=1S/C15H17N.CH5BO/c1-2-6-15-11-13(7-8-14(15)5-1)12-16-9-3-4-10-16;1-3-2/h1-2,5-8,11H,3-4,9-10,12H2;2H2,1H3. The Balaban J connectivity index is 0.000000408. The smallest absolute Gasteiger partial charge is 0.256 e. The molecular weight excluding hydrogens is 233 g/mol. The lowest BCUT2D eigenvalue weighted by atomic mass is 10.1. The zero-order valence-electron chi connectivity index (χ0n) is 11.9. The highest BCUT2D eigenvalue weighted by atomic mass is 16.4. The van der Waals surface area contributed by atoms with E-state index in [0.29, 0.717) is 0 Å². The largest absolute Gasteiger partial charge is 0.447 e. The van der Waals surface area contributed by atoms with E-state index in [1.54, 1.807) is 15.2 Å². The molecule has 2 aromatic carbocycles. The molecule has 0 unspecified atom stereocenters. The van der Waals surface area contributed by atoms with Gasteiger partial charge >= 0.3 is 0 Å². The van der Waals surface area contributed by atoms with E-state index in [4.69, 9.17) is 0 Å².